The summed E-state index contributed by atoms with van der Waals surface area (Å²) in [4.78, 5) is 34.4. The van der Waals surface area contributed by atoms with Crippen LogP contribution in [0.1, 0.15) is 11.1 Å². The van der Waals surface area contributed by atoms with Crippen molar-refractivity contribution >= 4 is 28.4 Å². The van der Waals surface area contributed by atoms with Crippen molar-refractivity contribution in [2.24, 2.45) is 0 Å². The highest BCUT2D eigenvalue weighted by Crippen LogP contribution is 2.20. The lowest BCUT2D eigenvalue weighted by atomic mass is 10.1. The largest absolute Gasteiger partial charge is 0.420 e. The summed E-state index contributed by atoms with van der Waals surface area (Å²) in [5.41, 5.74) is 2.98. The Morgan fingerprint density at radius 3 is 2.64 bits per heavy atom. The lowest BCUT2D eigenvalue weighted by molar-refractivity contribution is -0.384. The Hall–Kier alpha value is -3.42. The van der Waals surface area contributed by atoms with Crippen LogP contribution >= 0.6 is 0 Å². The van der Waals surface area contributed by atoms with Crippen molar-refractivity contribution in [3.8, 4) is 0 Å². The number of nitro groups is 1. The molecule has 1 amide bonds. The molecule has 1 aromatic heterocycles. The number of fused-ring (bicyclic) bond motifs is 1. The highest BCUT2D eigenvalue weighted by atomic mass is 16.6. The summed E-state index contributed by atoms with van der Waals surface area (Å²) in [6.45, 7) is 3.65. The number of non-ortho nitro benzene ring substituents is 1. The molecule has 128 valence electrons. The molecule has 0 atom stereocenters. The summed E-state index contributed by atoms with van der Waals surface area (Å²) >= 11 is 0. The van der Waals surface area contributed by atoms with Crippen LogP contribution in [0.3, 0.4) is 0 Å². The summed E-state index contributed by atoms with van der Waals surface area (Å²) in [5, 5.41) is 13.5. The van der Waals surface area contributed by atoms with E-state index in [1.807, 2.05) is 26.0 Å². The van der Waals surface area contributed by atoms with Crippen LogP contribution in [0.2, 0.25) is 0 Å². The molecule has 0 radical (unpaired) electrons. The summed E-state index contributed by atoms with van der Waals surface area (Å²) in [6.07, 6.45) is 0. The van der Waals surface area contributed by atoms with Crippen LogP contribution < -0.4 is 11.1 Å². The molecule has 0 saturated heterocycles. The highest BCUT2D eigenvalue weighted by molar-refractivity contribution is 5.91. The van der Waals surface area contributed by atoms with Crippen molar-refractivity contribution in [3.63, 3.8) is 0 Å². The molecule has 0 aliphatic heterocycles. The molecule has 8 heteroatoms. The topological polar surface area (TPSA) is 107 Å². The SMILES string of the molecule is Cc1ccc(NC(=O)Cn2c(=O)oc3cc([N+](=O)[O-])ccc32)cc1C. The lowest BCUT2D eigenvalue weighted by Gasteiger charge is -2.08. The summed E-state index contributed by atoms with van der Waals surface area (Å²) in [6, 6.07) is 9.32. The maximum atomic E-state index is 12.2. The van der Waals surface area contributed by atoms with E-state index in [9.17, 15) is 19.7 Å². The first-order chi connectivity index (χ1) is 11.8. The molecule has 8 nitrogen and oxygen atoms in total. The van der Waals surface area contributed by atoms with Crippen LogP contribution in [0.25, 0.3) is 11.1 Å². The van der Waals surface area contributed by atoms with Gasteiger partial charge in [0.1, 0.15) is 6.54 Å². The quantitative estimate of drug-likeness (QED) is 0.580. The Bertz CT molecular complexity index is 1050. The summed E-state index contributed by atoms with van der Waals surface area (Å²) < 4.78 is 6.13. The van der Waals surface area contributed by atoms with Crippen molar-refractivity contribution in [2.45, 2.75) is 20.4 Å². The Kier molecular flexibility index (Phi) is 4.10. The third-order valence-electron chi connectivity index (χ3n) is 3.96. The minimum Gasteiger partial charge on any atom is -0.407 e. The van der Waals surface area contributed by atoms with E-state index < -0.39 is 16.6 Å². The van der Waals surface area contributed by atoms with Crippen LogP contribution in [-0.4, -0.2) is 15.4 Å². The van der Waals surface area contributed by atoms with Gasteiger partial charge in [-0.3, -0.25) is 19.5 Å². The second kappa shape index (κ2) is 6.23. The van der Waals surface area contributed by atoms with Crippen molar-refractivity contribution in [1.29, 1.82) is 0 Å². The zero-order valence-electron chi connectivity index (χ0n) is 13.6. The van der Waals surface area contributed by atoms with Gasteiger partial charge in [-0.15, -0.1) is 0 Å². The molecule has 1 N–H and O–H groups in total. The zero-order chi connectivity index (χ0) is 18.1. The molecule has 2 aromatic carbocycles. The number of aryl methyl sites for hydroxylation is 2. The number of carbonyl (C=O) groups excluding carboxylic acids is 1. The van der Waals surface area contributed by atoms with Crippen LogP contribution in [0, 0.1) is 24.0 Å². The number of rotatable bonds is 4. The van der Waals surface area contributed by atoms with Crippen LogP contribution in [-0.2, 0) is 11.3 Å². The number of amides is 1. The minimum absolute atomic E-state index is 0.0678. The smallest absolute Gasteiger partial charge is 0.407 e. The van der Waals surface area contributed by atoms with Crippen LogP contribution in [0.5, 0.6) is 0 Å². The van der Waals surface area contributed by atoms with Gasteiger partial charge in [0.25, 0.3) is 5.69 Å². The number of nitrogens with one attached hydrogen (secondary N) is 1. The number of benzene rings is 2. The zero-order valence-corrected chi connectivity index (χ0v) is 13.6. The number of hydrogen-bond donors (Lipinski definition) is 1. The molecule has 3 aromatic rings. The van der Waals surface area contributed by atoms with Gasteiger partial charge < -0.3 is 9.73 Å². The van der Waals surface area contributed by atoms with Crippen molar-refractivity contribution in [1.82, 2.24) is 4.57 Å². The molecule has 3 rings (SSSR count). The normalized spacial score (nSPS) is 10.8. The van der Waals surface area contributed by atoms with Gasteiger partial charge in [0.15, 0.2) is 5.58 Å². The number of carbonyl (C=O) groups is 1. The van der Waals surface area contributed by atoms with Gasteiger partial charge in [0.2, 0.25) is 5.91 Å². The first-order valence-electron chi connectivity index (χ1n) is 7.50. The maximum Gasteiger partial charge on any atom is 0.420 e. The fourth-order valence-corrected chi connectivity index (χ4v) is 2.48. The second-order valence-corrected chi connectivity index (χ2v) is 5.71. The van der Waals surface area contributed by atoms with Gasteiger partial charge >= 0.3 is 5.76 Å². The Morgan fingerprint density at radius 2 is 1.96 bits per heavy atom. The van der Waals surface area contributed by atoms with Crippen molar-refractivity contribution < 1.29 is 14.1 Å². The third kappa shape index (κ3) is 3.27. The minimum atomic E-state index is -0.745. The third-order valence-corrected chi connectivity index (χ3v) is 3.96. The number of nitrogens with zero attached hydrogens (tertiary/aromatic N) is 2. The second-order valence-electron chi connectivity index (χ2n) is 5.71. The fraction of sp³-hybridized carbons (Fsp3) is 0.176. The molecule has 25 heavy (non-hydrogen) atoms. The van der Waals surface area contributed by atoms with E-state index >= 15 is 0 Å². The van der Waals surface area contributed by atoms with Gasteiger partial charge in [-0.2, -0.15) is 0 Å². The molecular weight excluding hydrogens is 326 g/mol. The molecule has 0 spiro atoms. The summed E-state index contributed by atoms with van der Waals surface area (Å²) in [7, 11) is 0. The van der Waals surface area contributed by atoms with E-state index in [1.54, 1.807) is 6.07 Å². The average molecular weight is 341 g/mol. The fourth-order valence-electron chi connectivity index (χ4n) is 2.48. The molecule has 0 aliphatic carbocycles. The number of aromatic nitrogens is 1. The van der Waals surface area contributed by atoms with E-state index in [1.165, 1.54) is 12.1 Å². The predicted octanol–water partition coefficient (Wildman–Crippen LogP) is 2.76. The number of oxazole rings is 1. The van der Waals surface area contributed by atoms with Gasteiger partial charge in [0, 0.05) is 11.8 Å². The molecular formula is C17H15N3O5. The molecule has 0 saturated carbocycles. The molecule has 0 unspecified atom stereocenters. The Morgan fingerprint density at radius 1 is 1.20 bits per heavy atom. The van der Waals surface area contributed by atoms with E-state index in [-0.39, 0.29) is 17.8 Å². The van der Waals surface area contributed by atoms with Gasteiger partial charge in [0.05, 0.1) is 16.5 Å². The van der Waals surface area contributed by atoms with Gasteiger partial charge in [-0.25, -0.2) is 4.79 Å². The Labute approximate surface area is 141 Å². The first kappa shape index (κ1) is 16.4. The molecule has 0 aliphatic rings. The highest BCUT2D eigenvalue weighted by Gasteiger charge is 2.16. The van der Waals surface area contributed by atoms with Crippen molar-refractivity contribution in [2.75, 3.05) is 5.32 Å². The van der Waals surface area contributed by atoms with Gasteiger partial charge in [-0.05, 0) is 43.2 Å². The summed E-state index contributed by atoms with van der Waals surface area (Å²) in [5.74, 6) is -1.14. The van der Waals surface area contributed by atoms with Gasteiger partial charge in [-0.1, -0.05) is 6.07 Å². The Balaban J connectivity index is 1.85. The predicted molar refractivity (Wildman–Crippen MR) is 91.7 cm³/mol. The van der Waals surface area contributed by atoms with Crippen LogP contribution in [0.4, 0.5) is 11.4 Å². The monoisotopic (exact) mass is 341 g/mol. The first-order valence-corrected chi connectivity index (χ1v) is 7.50. The molecule has 0 bridgehead atoms. The number of hydrogen-bond acceptors (Lipinski definition) is 5. The van der Waals surface area contributed by atoms with Crippen LogP contribution in [0.15, 0.2) is 45.6 Å². The van der Waals surface area contributed by atoms with Crippen molar-refractivity contribution in [3.05, 3.63) is 68.2 Å². The average Bonchev–Trinajstić information content (AvgIpc) is 2.86. The molecule has 0 fully saturated rings. The number of nitro benzene ring substituents is 1. The van der Waals surface area contributed by atoms with E-state index in [4.69, 9.17) is 4.42 Å². The lowest BCUT2D eigenvalue weighted by Crippen LogP contribution is -2.24. The van der Waals surface area contributed by atoms with E-state index in [2.05, 4.69) is 5.32 Å². The molecule has 1 heterocycles. The number of anilines is 1. The standard InChI is InChI=1S/C17H15N3O5/c1-10-3-4-12(7-11(10)2)18-16(21)9-19-14-6-5-13(20(23)24)8-15(14)25-17(19)22/h3-8H,9H2,1-2H3,(H,18,21). The van der Waals surface area contributed by atoms with E-state index in [0.717, 1.165) is 21.8 Å². The van der Waals surface area contributed by atoms with E-state index in [0.29, 0.717) is 11.2 Å². The maximum absolute atomic E-state index is 12.2.